The Morgan fingerprint density at radius 3 is 2.41 bits per heavy atom. The molecule has 0 aromatic carbocycles. The van der Waals surface area contributed by atoms with E-state index >= 15 is 0 Å². The molecule has 92 valence electrons. The zero-order chi connectivity index (χ0) is 13.0. The molecule has 0 N–H and O–H groups in total. The van der Waals surface area contributed by atoms with E-state index in [1.165, 1.54) is 6.33 Å². The summed E-state index contributed by atoms with van der Waals surface area (Å²) >= 11 is 0. The lowest BCUT2D eigenvalue weighted by Crippen LogP contribution is -2.21. The number of hydrogen-bond acceptors (Lipinski definition) is 4. The van der Waals surface area contributed by atoms with Crippen LogP contribution in [0.5, 0.6) is 0 Å². The Morgan fingerprint density at radius 2 is 1.88 bits per heavy atom. The number of aromatic nitrogens is 2. The summed E-state index contributed by atoms with van der Waals surface area (Å²) < 4.78 is 0. The fourth-order valence-corrected chi connectivity index (χ4v) is 1.50. The monoisotopic (exact) mass is 234 g/mol. The lowest BCUT2D eigenvalue weighted by molar-refractivity contribution is -0.120. The summed E-state index contributed by atoms with van der Waals surface area (Å²) in [6.45, 7) is 7.38. The largest absolute Gasteiger partial charge is 0.299 e. The molecule has 4 heteroatoms. The first-order chi connectivity index (χ1) is 7.97. The molecule has 1 aromatic rings. The van der Waals surface area contributed by atoms with E-state index in [0.29, 0.717) is 12.1 Å². The van der Waals surface area contributed by atoms with Crippen molar-refractivity contribution in [2.45, 2.75) is 40.0 Å². The second-order valence-electron chi connectivity index (χ2n) is 4.39. The van der Waals surface area contributed by atoms with E-state index < -0.39 is 5.92 Å². The molecule has 0 aliphatic rings. The van der Waals surface area contributed by atoms with E-state index in [1.54, 1.807) is 19.9 Å². The Balaban J connectivity index is 2.96. The van der Waals surface area contributed by atoms with Crippen LogP contribution in [-0.4, -0.2) is 21.5 Å². The number of carbonyl (C=O) groups excluding carboxylic acids is 2. The number of hydrogen-bond donors (Lipinski definition) is 0. The molecule has 0 aliphatic heterocycles. The molecule has 0 spiro atoms. The maximum Gasteiger partial charge on any atom is 0.191 e. The van der Waals surface area contributed by atoms with Gasteiger partial charge in [-0.25, -0.2) is 9.97 Å². The van der Waals surface area contributed by atoms with Gasteiger partial charge in [0.1, 0.15) is 17.8 Å². The summed E-state index contributed by atoms with van der Waals surface area (Å²) in [5.41, 5.74) is 1.15. The van der Waals surface area contributed by atoms with Gasteiger partial charge in [0.15, 0.2) is 5.78 Å². The first-order valence-corrected chi connectivity index (χ1v) is 5.86. The Kier molecular flexibility index (Phi) is 4.49. The molecule has 1 unspecified atom stereocenters. The summed E-state index contributed by atoms with van der Waals surface area (Å²) in [7, 11) is 0. The summed E-state index contributed by atoms with van der Waals surface area (Å²) in [5, 5.41) is 0. The highest BCUT2D eigenvalue weighted by molar-refractivity contribution is 6.09. The highest BCUT2D eigenvalue weighted by Crippen LogP contribution is 2.14. The molecular weight excluding hydrogens is 216 g/mol. The minimum atomic E-state index is -0.616. The number of carbonyl (C=O) groups is 2. The second kappa shape index (κ2) is 5.66. The van der Waals surface area contributed by atoms with Gasteiger partial charge in [-0.05, 0) is 18.9 Å². The van der Waals surface area contributed by atoms with Crippen LogP contribution in [0.2, 0.25) is 0 Å². The lowest BCUT2D eigenvalue weighted by Gasteiger charge is -2.09. The van der Waals surface area contributed by atoms with Crippen molar-refractivity contribution >= 4 is 11.6 Å². The summed E-state index contributed by atoms with van der Waals surface area (Å²) in [6, 6.07) is 1.67. The molecule has 0 fully saturated rings. The molecule has 1 rings (SSSR count). The molecule has 4 nitrogen and oxygen atoms in total. The summed E-state index contributed by atoms with van der Waals surface area (Å²) in [5.74, 6) is -0.655. The SMILES string of the molecule is CCC(=O)C(C)C(=O)c1cc(C(C)C)ncn1. The van der Waals surface area contributed by atoms with Crippen LogP contribution in [0, 0.1) is 5.92 Å². The van der Waals surface area contributed by atoms with Gasteiger partial charge in [0.25, 0.3) is 0 Å². The van der Waals surface area contributed by atoms with Gasteiger partial charge in [-0.2, -0.15) is 0 Å². The fraction of sp³-hybridized carbons (Fsp3) is 0.538. The van der Waals surface area contributed by atoms with Crippen molar-refractivity contribution in [2.75, 3.05) is 0 Å². The van der Waals surface area contributed by atoms with E-state index in [0.717, 1.165) is 5.69 Å². The predicted octanol–water partition coefficient (Wildman–Crippen LogP) is 2.40. The average molecular weight is 234 g/mol. The zero-order valence-electron chi connectivity index (χ0n) is 10.7. The molecule has 0 radical (unpaired) electrons. The van der Waals surface area contributed by atoms with Crippen LogP contribution in [0.4, 0.5) is 0 Å². The quantitative estimate of drug-likeness (QED) is 0.579. The van der Waals surface area contributed by atoms with Crippen LogP contribution in [-0.2, 0) is 4.79 Å². The van der Waals surface area contributed by atoms with E-state index in [1.807, 2.05) is 13.8 Å². The third kappa shape index (κ3) is 3.19. The first-order valence-electron chi connectivity index (χ1n) is 5.86. The van der Waals surface area contributed by atoms with Gasteiger partial charge in [-0.1, -0.05) is 20.8 Å². The molecule has 0 saturated carbocycles. The van der Waals surface area contributed by atoms with Crippen LogP contribution < -0.4 is 0 Å². The van der Waals surface area contributed by atoms with Crippen molar-refractivity contribution < 1.29 is 9.59 Å². The first kappa shape index (κ1) is 13.5. The number of rotatable bonds is 5. The van der Waals surface area contributed by atoms with Gasteiger partial charge in [-0.3, -0.25) is 9.59 Å². The van der Waals surface area contributed by atoms with Crippen molar-refractivity contribution in [3.05, 3.63) is 23.8 Å². The molecule has 1 aromatic heterocycles. The molecular formula is C13H18N2O2. The Morgan fingerprint density at radius 1 is 1.24 bits per heavy atom. The highest BCUT2D eigenvalue weighted by atomic mass is 16.2. The van der Waals surface area contributed by atoms with Crippen molar-refractivity contribution in [3.63, 3.8) is 0 Å². The topological polar surface area (TPSA) is 59.9 Å². The van der Waals surface area contributed by atoms with Crippen LogP contribution in [0.15, 0.2) is 12.4 Å². The van der Waals surface area contributed by atoms with E-state index in [9.17, 15) is 9.59 Å². The minimum Gasteiger partial charge on any atom is -0.299 e. The van der Waals surface area contributed by atoms with Crippen LogP contribution in [0.3, 0.4) is 0 Å². The minimum absolute atomic E-state index is 0.0558. The Bertz CT molecular complexity index is 427. The fourth-order valence-electron chi connectivity index (χ4n) is 1.50. The van der Waals surface area contributed by atoms with Crippen molar-refractivity contribution in [1.29, 1.82) is 0 Å². The number of nitrogens with zero attached hydrogens (tertiary/aromatic N) is 2. The Hall–Kier alpha value is -1.58. The summed E-state index contributed by atoms with van der Waals surface area (Å²) in [4.78, 5) is 31.5. The molecule has 0 amide bonds. The third-order valence-corrected chi connectivity index (χ3v) is 2.76. The second-order valence-corrected chi connectivity index (χ2v) is 4.39. The van der Waals surface area contributed by atoms with Gasteiger partial charge in [0.05, 0.1) is 5.92 Å². The lowest BCUT2D eigenvalue weighted by atomic mass is 9.96. The maximum absolute atomic E-state index is 12.0. The molecule has 1 heterocycles. The highest BCUT2D eigenvalue weighted by Gasteiger charge is 2.22. The van der Waals surface area contributed by atoms with E-state index in [4.69, 9.17) is 0 Å². The third-order valence-electron chi connectivity index (χ3n) is 2.76. The van der Waals surface area contributed by atoms with E-state index in [2.05, 4.69) is 9.97 Å². The van der Waals surface area contributed by atoms with Crippen molar-refractivity contribution in [1.82, 2.24) is 9.97 Å². The predicted molar refractivity (Wildman–Crippen MR) is 64.9 cm³/mol. The molecule has 0 aliphatic carbocycles. The van der Waals surface area contributed by atoms with Gasteiger partial charge in [0, 0.05) is 12.1 Å². The zero-order valence-corrected chi connectivity index (χ0v) is 10.7. The summed E-state index contributed by atoms with van der Waals surface area (Å²) in [6.07, 6.45) is 1.75. The number of Topliss-reactive ketones (excluding diaryl/α,β-unsaturated/α-hetero) is 2. The van der Waals surface area contributed by atoms with Gasteiger partial charge < -0.3 is 0 Å². The van der Waals surface area contributed by atoms with Crippen LogP contribution >= 0.6 is 0 Å². The average Bonchev–Trinajstić information content (AvgIpc) is 2.36. The van der Waals surface area contributed by atoms with Gasteiger partial charge in [0.2, 0.25) is 0 Å². The van der Waals surface area contributed by atoms with Crippen LogP contribution in [0.1, 0.15) is 56.2 Å². The molecule has 0 saturated heterocycles. The Labute approximate surface area is 101 Å². The van der Waals surface area contributed by atoms with Gasteiger partial charge >= 0.3 is 0 Å². The van der Waals surface area contributed by atoms with Crippen molar-refractivity contribution in [3.8, 4) is 0 Å². The normalized spacial score (nSPS) is 12.5. The number of ketones is 2. The standard InChI is InChI=1S/C13H18N2O2/c1-5-12(16)9(4)13(17)11-6-10(8(2)3)14-7-15-11/h6-9H,5H2,1-4H3. The van der Waals surface area contributed by atoms with Crippen LogP contribution in [0.25, 0.3) is 0 Å². The molecule has 1 atom stereocenters. The van der Waals surface area contributed by atoms with E-state index in [-0.39, 0.29) is 17.5 Å². The van der Waals surface area contributed by atoms with Crippen molar-refractivity contribution in [2.24, 2.45) is 5.92 Å². The van der Waals surface area contributed by atoms with Gasteiger partial charge in [-0.15, -0.1) is 0 Å². The maximum atomic E-state index is 12.0. The smallest absolute Gasteiger partial charge is 0.191 e. The molecule has 17 heavy (non-hydrogen) atoms. The molecule has 0 bridgehead atoms.